The summed E-state index contributed by atoms with van der Waals surface area (Å²) in [4.78, 5) is 21.5. The molecule has 1 N–H and O–H groups in total. The number of rotatable bonds is 0. The summed E-state index contributed by atoms with van der Waals surface area (Å²) in [5.41, 5.74) is 1.29. The zero-order valence-corrected chi connectivity index (χ0v) is 10.3. The lowest BCUT2D eigenvalue weighted by molar-refractivity contribution is 0.508. The number of hydrogen-bond acceptors (Lipinski definition) is 3. The zero-order valence-electron chi connectivity index (χ0n) is 9.46. The minimum atomic E-state index is 0.0362. The molecule has 0 bridgehead atoms. The number of fused-ring (bicyclic) bond motifs is 3. The monoisotopic (exact) mass is 234 g/mol. The van der Waals surface area contributed by atoms with Crippen molar-refractivity contribution < 1.29 is 0 Å². The van der Waals surface area contributed by atoms with E-state index in [0.29, 0.717) is 11.7 Å². The Morgan fingerprint density at radius 1 is 1.50 bits per heavy atom. The molecule has 1 unspecified atom stereocenters. The third-order valence-electron chi connectivity index (χ3n) is 3.28. The first-order valence-electron chi connectivity index (χ1n) is 5.66. The van der Waals surface area contributed by atoms with Crippen molar-refractivity contribution in [1.29, 1.82) is 0 Å². The molecular formula is C12H14N2OS. The van der Waals surface area contributed by atoms with E-state index in [0.717, 1.165) is 23.1 Å². The maximum atomic E-state index is 12.0. The molecule has 2 aromatic heterocycles. The Morgan fingerprint density at radius 2 is 2.31 bits per heavy atom. The Labute approximate surface area is 97.5 Å². The molecule has 0 aliphatic heterocycles. The summed E-state index contributed by atoms with van der Waals surface area (Å²) in [6.07, 6.45) is 3.37. The number of H-pyrrole nitrogens is 1. The van der Waals surface area contributed by atoms with Crippen LogP contribution in [0.4, 0.5) is 0 Å². The van der Waals surface area contributed by atoms with Crippen LogP contribution in [0.5, 0.6) is 0 Å². The summed E-state index contributed by atoms with van der Waals surface area (Å²) in [7, 11) is 0. The molecule has 0 fully saturated rings. The Balaban J connectivity index is 2.35. The lowest BCUT2D eigenvalue weighted by Crippen LogP contribution is -2.14. The summed E-state index contributed by atoms with van der Waals surface area (Å²) in [6.45, 7) is 4.09. The summed E-state index contributed by atoms with van der Waals surface area (Å²) >= 11 is 1.70. The quantitative estimate of drug-likeness (QED) is 0.761. The molecule has 0 spiro atoms. The standard InChI is InChI=1S/C12H14N2OS/c1-6-3-4-9-8(5-6)10-11(15)13-7(2)14-12(10)16-9/h6H,3-5H2,1-2H3,(H,13,14,15). The van der Waals surface area contributed by atoms with E-state index in [1.807, 2.05) is 6.92 Å². The molecule has 3 nitrogen and oxygen atoms in total. The van der Waals surface area contributed by atoms with Crippen LogP contribution in [-0.2, 0) is 12.8 Å². The molecule has 0 aromatic carbocycles. The van der Waals surface area contributed by atoms with E-state index >= 15 is 0 Å². The molecule has 2 aromatic rings. The number of aromatic nitrogens is 2. The molecule has 0 radical (unpaired) electrons. The fourth-order valence-electron chi connectivity index (χ4n) is 2.46. The van der Waals surface area contributed by atoms with Gasteiger partial charge in [0.15, 0.2) is 0 Å². The van der Waals surface area contributed by atoms with Crippen molar-refractivity contribution in [1.82, 2.24) is 9.97 Å². The van der Waals surface area contributed by atoms with E-state index < -0.39 is 0 Å². The van der Waals surface area contributed by atoms with E-state index in [4.69, 9.17) is 0 Å². The van der Waals surface area contributed by atoms with Crippen molar-refractivity contribution in [2.45, 2.75) is 33.1 Å². The van der Waals surface area contributed by atoms with Crippen LogP contribution in [0.1, 0.15) is 29.6 Å². The van der Waals surface area contributed by atoms with Gasteiger partial charge in [-0.2, -0.15) is 0 Å². The van der Waals surface area contributed by atoms with Gasteiger partial charge in [0, 0.05) is 4.88 Å². The normalized spacial score (nSPS) is 20.0. The lowest BCUT2D eigenvalue weighted by Gasteiger charge is -2.17. The molecule has 84 valence electrons. The summed E-state index contributed by atoms with van der Waals surface area (Å²) in [6, 6.07) is 0. The van der Waals surface area contributed by atoms with Crippen molar-refractivity contribution in [3.8, 4) is 0 Å². The Bertz CT molecular complexity index is 611. The first-order chi connectivity index (χ1) is 7.65. The zero-order chi connectivity index (χ0) is 11.3. The van der Waals surface area contributed by atoms with Crippen molar-refractivity contribution in [2.75, 3.05) is 0 Å². The molecule has 1 aliphatic carbocycles. The van der Waals surface area contributed by atoms with Gasteiger partial charge in [0.05, 0.1) is 5.39 Å². The Morgan fingerprint density at radius 3 is 3.12 bits per heavy atom. The first kappa shape index (κ1) is 10.0. The van der Waals surface area contributed by atoms with Crippen molar-refractivity contribution in [3.63, 3.8) is 0 Å². The number of hydrogen-bond donors (Lipinski definition) is 1. The minimum Gasteiger partial charge on any atom is -0.310 e. The van der Waals surface area contributed by atoms with Gasteiger partial charge in [-0.25, -0.2) is 4.98 Å². The lowest BCUT2D eigenvalue weighted by atomic mass is 9.89. The molecule has 0 saturated heterocycles. The average Bonchev–Trinajstić information content (AvgIpc) is 2.54. The van der Waals surface area contributed by atoms with E-state index in [1.54, 1.807) is 11.3 Å². The van der Waals surface area contributed by atoms with Crippen molar-refractivity contribution in [2.24, 2.45) is 5.92 Å². The average molecular weight is 234 g/mol. The van der Waals surface area contributed by atoms with Crippen LogP contribution in [0.3, 0.4) is 0 Å². The highest BCUT2D eigenvalue weighted by Gasteiger charge is 2.22. The number of nitrogens with one attached hydrogen (secondary N) is 1. The minimum absolute atomic E-state index is 0.0362. The number of aryl methyl sites for hydroxylation is 2. The van der Waals surface area contributed by atoms with Gasteiger partial charge in [-0.15, -0.1) is 11.3 Å². The third-order valence-corrected chi connectivity index (χ3v) is 4.47. The van der Waals surface area contributed by atoms with Gasteiger partial charge in [-0.05, 0) is 37.7 Å². The van der Waals surface area contributed by atoms with Crippen LogP contribution in [0.15, 0.2) is 4.79 Å². The number of nitrogens with zero attached hydrogens (tertiary/aromatic N) is 1. The number of aromatic amines is 1. The predicted molar refractivity (Wildman–Crippen MR) is 66.2 cm³/mol. The number of thiophene rings is 1. The highest BCUT2D eigenvalue weighted by Crippen LogP contribution is 2.35. The molecule has 2 heterocycles. The van der Waals surface area contributed by atoms with E-state index in [9.17, 15) is 4.79 Å². The second kappa shape index (κ2) is 3.42. The highest BCUT2D eigenvalue weighted by molar-refractivity contribution is 7.18. The fourth-order valence-corrected chi connectivity index (χ4v) is 3.73. The van der Waals surface area contributed by atoms with Crippen LogP contribution in [-0.4, -0.2) is 9.97 Å². The van der Waals surface area contributed by atoms with E-state index in [-0.39, 0.29) is 5.56 Å². The van der Waals surface area contributed by atoms with Gasteiger partial charge in [-0.3, -0.25) is 4.79 Å². The SMILES string of the molecule is Cc1nc2sc3c(c2c(=O)[nH]1)CC(C)CC3. The van der Waals surface area contributed by atoms with Crippen LogP contribution in [0.2, 0.25) is 0 Å². The Kier molecular flexibility index (Phi) is 2.14. The molecule has 0 saturated carbocycles. The molecule has 0 amide bonds. The summed E-state index contributed by atoms with van der Waals surface area (Å²) in [5, 5.41) is 0.845. The van der Waals surface area contributed by atoms with Crippen LogP contribution in [0, 0.1) is 12.8 Å². The van der Waals surface area contributed by atoms with Crippen LogP contribution < -0.4 is 5.56 Å². The highest BCUT2D eigenvalue weighted by atomic mass is 32.1. The van der Waals surface area contributed by atoms with E-state index in [2.05, 4.69) is 16.9 Å². The second-order valence-electron chi connectivity index (χ2n) is 4.68. The van der Waals surface area contributed by atoms with Gasteiger partial charge in [-0.1, -0.05) is 6.92 Å². The summed E-state index contributed by atoms with van der Waals surface area (Å²) < 4.78 is 0. The maximum absolute atomic E-state index is 12.0. The molecule has 4 heteroatoms. The van der Waals surface area contributed by atoms with Gasteiger partial charge in [0.25, 0.3) is 5.56 Å². The largest absolute Gasteiger partial charge is 0.310 e. The smallest absolute Gasteiger partial charge is 0.259 e. The first-order valence-corrected chi connectivity index (χ1v) is 6.48. The fraction of sp³-hybridized carbons (Fsp3) is 0.500. The predicted octanol–water partition coefficient (Wildman–Crippen LogP) is 2.42. The molecular weight excluding hydrogens is 220 g/mol. The van der Waals surface area contributed by atoms with Crippen molar-refractivity contribution in [3.05, 3.63) is 26.6 Å². The molecule has 16 heavy (non-hydrogen) atoms. The van der Waals surface area contributed by atoms with Crippen LogP contribution in [0.25, 0.3) is 10.2 Å². The summed E-state index contributed by atoms with van der Waals surface area (Å²) in [5.74, 6) is 1.40. The van der Waals surface area contributed by atoms with E-state index in [1.165, 1.54) is 16.9 Å². The van der Waals surface area contributed by atoms with Gasteiger partial charge in [0.1, 0.15) is 10.7 Å². The Hall–Kier alpha value is -1.16. The van der Waals surface area contributed by atoms with Crippen LogP contribution >= 0.6 is 11.3 Å². The molecule has 3 rings (SSSR count). The topological polar surface area (TPSA) is 45.8 Å². The van der Waals surface area contributed by atoms with Crippen molar-refractivity contribution >= 4 is 21.6 Å². The second-order valence-corrected chi connectivity index (χ2v) is 5.77. The van der Waals surface area contributed by atoms with Gasteiger partial charge < -0.3 is 4.98 Å². The maximum Gasteiger partial charge on any atom is 0.259 e. The molecule has 1 aliphatic rings. The molecule has 1 atom stereocenters. The van der Waals surface area contributed by atoms with Gasteiger partial charge >= 0.3 is 0 Å². The van der Waals surface area contributed by atoms with Gasteiger partial charge in [0.2, 0.25) is 0 Å². The third kappa shape index (κ3) is 1.40.